The predicted octanol–water partition coefficient (Wildman–Crippen LogP) is 4.02. The molecule has 0 saturated carbocycles. The van der Waals surface area contributed by atoms with Crippen LogP contribution in [0, 0.1) is 5.92 Å². The number of nitrogens with one attached hydrogen (secondary N) is 2. The topological polar surface area (TPSA) is 78.5 Å². The SMILES string of the molecule is CCN(CC)C(=O)c1ccc(NC(=O)c2ccc(NC(=O)C(C)C)cc2)cc1. The molecule has 0 bridgehead atoms. The zero-order chi connectivity index (χ0) is 20.7. The van der Waals surface area contributed by atoms with E-state index in [1.165, 1.54) is 0 Å². The van der Waals surface area contributed by atoms with Gasteiger partial charge in [0.05, 0.1) is 0 Å². The molecule has 0 fully saturated rings. The lowest BCUT2D eigenvalue weighted by atomic mass is 10.1. The van der Waals surface area contributed by atoms with Crippen LogP contribution in [0.4, 0.5) is 11.4 Å². The van der Waals surface area contributed by atoms with Crippen molar-refractivity contribution in [2.45, 2.75) is 27.7 Å². The Morgan fingerprint density at radius 1 is 0.786 bits per heavy atom. The fraction of sp³-hybridized carbons (Fsp3) is 0.318. The highest BCUT2D eigenvalue weighted by Crippen LogP contribution is 2.15. The van der Waals surface area contributed by atoms with Crippen LogP contribution in [0.15, 0.2) is 48.5 Å². The van der Waals surface area contributed by atoms with E-state index in [-0.39, 0.29) is 23.6 Å². The average Bonchev–Trinajstić information content (AvgIpc) is 2.69. The Kier molecular flexibility index (Phi) is 7.32. The van der Waals surface area contributed by atoms with Crippen LogP contribution in [0.5, 0.6) is 0 Å². The fourth-order valence-corrected chi connectivity index (χ4v) is 2.58. The molecule has 0 aromatic heterocycles. The van der Waals surface area contributed by atoms with Crippen molar-refractivity contribution in [1.82, 2.24) is 4.90 Å². The van der Waals surface area contributed by atoms with Crippen LogP contribution in [0.3, 0.4) is 0 Å². The van der Waals surface area contributed by atoms with E-state index in [1.807, 2.05) is 27.7 Å². The summed E-state index contributed by atoms with van der Waals surface area (Å²) in [6.45, 7) is 8.82. The molecule has 0 saturated heterocycles. The van der Waals surface area contributed by atoms with E-state index in [0.29, 0.717) is 35.6 Å². The second kappa shape index (κ2) is 9.69. The molecular formula is C22H27N3O3. The van der Waals surface area contributed by atoms with Crippen LogP contribution in [0.2, 0.25) is 0 Å². The van der Waals surface area contributed by atoms with E-state index in [0.717, 1.165) is 0 Å². The van der Waals surface area contributed by atoms with Crippen molar-refractivity contribution in [2.75, 3.05) is 23.7 Å². The van der Waals surface area contributed by atoms with Gasteiger partial charge < -0.3 is 15.5 Å². The Hall–Kier alpha value is -3.15. The highest BCUT2D eigenvalue weighted by atomic mass is 16.2. The van der Waals surface area contributed by atoms with Gasteiger partial charge in [-0.05, 0) is 62.4 Å². The molecular weight excluding hydrogens is 354 g/mol. The van der Waals surface area contributed by atoms with Crippen molar-refractivity contribution < 1.29 is 14.4 Å². The highest BCUT2D eigenvalue weighted by Gasteiger charge is 2.13. The molecule has 6 heteroatoms. The van der Waals surface area contributed by atoms with Crippen molar-refractivity contribution >= 4 is 29.1 Å². The van der Waals surface area contributed by atoms with Gasteiger partial charge in [0.2, 0.25) is 5.91 Å². The number of nitrogens with zero attached hydrogens (tertiary/aromatic N) is 1. The molecule has 2 rings (SSSR count). The third kappa shape index (κ3) is 5.42. The van der Waals surface area contributed by atoms with Gasteiger partial charge in [-0.1, -0.05) is 13.8 Å². The summed E-state index contributed by atoms with van der Waals surface area (Å²) in [5.74, 6) is -0.470. The first-order valence-electron chi connectivity index (χ1n) is 9.47. The van der Waals surface area contributed by atoms with Crippen molar-refractivity contribution in [2.24, 2.45) is 5.92 Å². The van der Waals surface area contributed by atoms with Crippen LogP contribution in [-0.2, 0) is 4.79 Å². The number of carbonyl (C=O) groups excluding carboxylic acids is 3. The van der Waals surface area contributed by atoms with Gasteiger partial charge in [-0.2, -0.15) is 0 Å². The summed E-state index contributed by atoms with van der Waals surface area (Å²) in [7, 11) is 0. The maximum absolute atomic E-state index is 12.4. The number of benzene rings is 2. The van der Waals surface area contributed by atoms with Crippen molar-refractivity contribution in [3.8, 4) is 0 Å². The Morgan fingerprint density at radius 2 is 1.25 bits per heavy atom. The summed E-state index contributed by atoms with van der Waals surface area (Å²) in [4.78, 5) is 38.2. The lowest BCUT2D eigenvalue weighted by Gasteiger charge is -2.18. The minimum absolute atomic E-state index is 0.0260. The van der Waals surface area contributed by atoms with Crippen LogP contribution < -0.4 is 10.6 Å². The molecule has 148 valence electrons. The lowest BCUT2D eigenvalue weighted by molar-refractivity contribution is -0.118. The van der Waals surface area contributed by atoms with E-state index < -0.39 is 0 Å². The summed E-state index contributed by atoms with van der Waals surface area (Å²) in [5, 5.41) is 5.59. The lowest BCUT2D eigenvalue weighted by Crippen LogP contribution is -2.30. The van der Waals surface area contributed by atoms with Gasteiger partial charge in [0.25, 0.3) is 11.8 Å². The molecule has 0 aliphatic carbocycles. The molecule has 2 aromatic carbocycles. The molecule has 28 heavy (non-hydrogen) atoms. The van der Waals surface area contributed by atoms with E-state index in [4.69, 9.17) is 0 Å². The minimum atomic E-state index is -0.260. The van der Waals surface area contributed by atoms with Crippen molar-refractivity contribution in [1.29, 1.82) is 0 Å². The van der Waals surface area contributed by atoms with E-state index in [1.54, 1.807) is 53.4 Å². The van der Waals surface area contributed by atoms with Gasteiger partial charge >= 0.3 is 0 Å². The number of rotatable bonds is 7. The molecule has 0 heterocycles. The Morgan fingerprint density at radius 3 is 1.71 bits per heavy atom. The van der Waals surface area contributed by atoms with Crippen LogP contribution >= 0.6 is 0 Å². The maximum atomic E-state index is 12.4. The summed E-state index contributed by atoms with van der Waals surface area (Å²) in [6.07, 6.45) is 0. The van der Waals surface area contributed by atoms with Crippen LogP contribution in [0.1, 0.15) is 48.4 Å². The second-order valence-electron chi connectivity index (χ2n) is 6.73. The molecule has 0 unspecified atom stereocenters. The number of hydrogen-bond donors (Lipinski definition) is 2. The van der Waals surface area contributed by atoms with E-state index >= 15 is 0 Å². The van der Waals surface area contributed by atoms with Gasteiger partial charge in [-0.3, -0.25) is 14.4 Å². The summed E-state index contributed by atoms with van der Waals surface area (Å²) < 4.78 is 0. The van der Waals surface area contributed by atoms with Gasteiger partial charge in [0, 0.05) is 41.5 Å². The first-order valence-corrected chi connectivity index (χ1v) is 9.47. The van der Waals surface area contributed by atoms with E-state index in [9.17, 15) is 14.4 Å². The highest BCUT2D eigenvalue weighted by molar-refractivity contribution is 6.05. The summed E-state index contributed by atoms with van der Waals surface area (Å²) in [6, 6.07) is 13.6. The average molecular weight is 381 g/mol. The van der Waals surface area contributed by atoms with Crippen LogP contribution in [0.25, 0.3) is 0 Å². The maximum Gasteiger partial charge on any atom is 0.255 e. The predicted molar refractivity (Wildman–Crippen MR) is 112 cm³/mol. The minimum Gasteiger partial charge on any atom is -0.339 e. The zero-order valence-electron chi connectivity index (χ0n) is 16.8. The third-order valence-corrected chi connectivity index (χ3v) is 4.38. The third-order valence-electron chi connectivity index (χ3n) is 4.38. The zero-order valence-corrected chi connectivity index (χ0v) is 16.8. The molecule has 2 N–H and O–H groups in total. The fourth-order valence-electron chi connectivity index (χ4n) is 2.58. The molecule has 3 amide bonds. The molecule has 0 aliphatic rings. The Balaban J connectivity index is 2.01. The smallest absolute Gasteiger partial charge is 0.255 e. The monoisotopic (exact) mass is 381 g/mol. The number of amides is 3. The Bertz CT molecular complexity index is 823. The van der Waals surface area contributed by atoms with Crippen molar-refractivity contribution in [3.05, 3.63) is 59.7 Å². The largest absolute Gasteiger partial charge is 0.339 e. The normalized spacial score (nSPS) is 10.5. The van der Waals surface area contributed by atoms with Gasteiger partial charge in [0.15, 0.2) is 0 Å². The number of carbonyl (C=O) groups is 3. The van der Waals surface area contributed by atoms with Crippen molar-refractivity contribution in [3.63, 3.8) is 0 Å². The summed E-state index contributed by atoms with van der Waals surface area (Å²) in [5.41, 5.74) is 2.32. The first-order chi connectivity index (χ1) is 13.3. The number of anilines is 2. The van der Waals surface area contributed by atoms with Gasteiger partial charge in [-0.15, -0.1) is 0 Å². The number of hydrogen-bond acceptors (Lipinski definition) is 3. The molecule has 0 radical (unpaired) electrons. The van der Waals surface area contributed by atoms with E-state index in [2.05, 4.69) is 10.6 Å². The molecule has 0 atom stereocenters. The molecule has 0 spiro atoms. The standard InChI is InChI=1S/C22H27N3O3/c1-5-25(6-2)22(28)17-9-13-19(14-10-17)24-21(27)16-7-11-18(12-8-16)23-20(26)15(3)4/h7-15H,5-6H2,1-4H3,(H,23,26)(H,24,27). The first kappa shape index (κ1) is 21.2. The Labute approximate surface area is 165 Å². The van der Waals surface area contributed by atoms with Gasteiger partial charge in [-0.25, -0.2) is 0 Å². The molecule has 0 aliphatic heterocycles. The molecule has 6 nitrogen and oxygen atoms in total. The second-order valence-corrected chi connectivity index (χ2v) is 6.73. The quantitative estimate of drug-likeness (QED) is 0.760. The van der Waals surface area contributed by atoms with Gasteiger partial charge in [0.1, 0.15) is 0 Å². The molecule has 2 aromatic rings. The van der Waals surface area contributed by atoms with Crippen LogP contribution in [-0.4, -0.2) is 35.7 Å². The summed E-state index contributed by atoms with van der Waals surface area (Å²) >= 11 is 0.